The minimum atomic E-state index is -1.12. The summed E-state index contributed by atoms with van der Waals surface area (Å²) in [5.41, 5.74) is 1.26. The van der Waals surface area contributed by atoms with E-state index in [4.69, 9.17) is 0 Å². The third kappa shape index (κ3) is 2.73. The van der Waals surface area contributed by atoms with Gasteiger partial charge in [0.2, 0.25) is 5.82 Å². The zero-order valence-corrected chi connectivity index (χ0v) is 12.8. The monoisotopic (exact) mass is 334 g/mol. The molecule has 2 N–H and O–H groups in total. The normalized spacial score (nSPS) is 16.7. The van der Waals surface area contributed by atoms with E-state index in [1.807, 2.05) is 6.92 Å². The number of carbonyl (C=O) groups is 1. The van der Waals surface area contributed by atoms with Crippen molar-refractivity contribution in [2.75, 3.05) is 6.54 Å². The van der Waals surface area contributed by atoms with Crippen molar-refractivity contribution < 1.29 is 19.2 Å². The fourth-order valence-electron chi connectivity index (χ4n) is 3.01. The molecule has 0 saturated carbocycles. The lowest BCUT2D eigenvalue weighted by Gasteiger charge is -2.22. The highest BCUT2D eigenvalue weighted by Gasteiger charge is 2.28. The number of halogens is 1. The Morgan fingerprint density at radius 1 is 1.58 bits per heavy atom. The van der Waals surface area contributed by atoms with Crippen molar-refractivity contribution in [1.29, 1.82) is 0 Å². The zero-order chi connectivity index (χ0) is 17.4. The van der Waals surface area contributed by atoms with Crippen LogP contribution in [0.15, 0.2) is 18.2 Å². The van der Waals surface area contributed by atoms with Crippen molar-refractivity contribution in [2.45, 2.75) is 25.9 Å². The Morgan fingerprint density at radius 3 is 3.00 bits per heavy atom. The number of benzene rings is 1. The molecule has 2 heterocycles. The van der Waals surface area contributed by atoms with Crippen LogP contribution in [-0.4, -0.2) is 32.3 Å². The van der Waals surface area contributed by atoms with Gasteiger partial charge in [0.25, 0.3) is 0 Å². The van der Waals surface area contributed by atoms with Crippen molar-refractivity contribution in [3.63, 3.8) is 0 Å². The van der Waals surface area contributed by atoms with Crippen molar-refractivity contribution in [1.82, 2.24) is 15.1 Å². The van der Waals surface area contributed by atoms with Gasteiger partial charge in [0.1, 0.15) is 0 Å². The predicted molar refractivity (Wildman–Crippen MR) is 81.5 cm³/mol. The molecule has 9 heteroatoms. The Hall–Kier alpha value is -2.81. The lowest BCUT2D eigenvalue weighted by molar-refractivity contribution is -0.387. The molecule has 1 aliphatic rings. The Morgan fingerprint density at radius 2 is 2.33 bits per heavy atom. The molecule has 1 aliphatic heterocycles. The molecule has 0 bridgehead atoms. The van der Waals surface area contributed by atoms with Gasteiger partial charge < -0.3 is 10.4 Å². The SMILES string of the molecule is CC1CNCc2c(C(=O)O)nn(Cc3ccc(F)c([N+](=O)[O-])c3)c21. The molecule has 1 aromatic heterocycles. The van der Waals surface area contributed by atoms with Gasteiger partial charge in [-0.1, -0.05) is 13.0 Å². The average molecular weight is 334 g/mol. The van der Waals surface area contributed by atoms with Crippen LogP contribution in [0.3, 0.4) is 0 Å². The van der Waals surface area contributed by atoms with E-state index in [1.54, 1.807) is 4.68 Å². The van der Waals surface area contributed by atoms with Crippen LogP contribution in [0.1, 0.15) is 40.2 Å². The highest BCUT2D eigenvalue weighted by Crippen LogP contribution is 2.28. The number of nitrogens with one attached hydrogen (secondary N) is 1. The summed E-state index contributed by atoms with van der Waals surface area (Å²) < 4.78 is 15.0. The largest absolute Gasteiger partial charge is 0.476 e. The van der Waals surface area contributed by atoms with Gasteiger partial charge in [0.05, 0.1) is 11.5 Å². The number of fused-ring (bicyclic) bond motifs is 1. The summed E-state index contributed by atoms with van der Waals surface area (Å²) in [6.45, 7) is 3.18. The van der Waals surface area contributed by atoms with E-state index in [2.05, 4.69) is 10.4 Å². The Labute approximate surface area is 136 Å². The van der Waals surface area contributed by atoms with Crippen LogP contribution in [0.5, 0.6) is 0 Å². The van der Waals surface area contributed by atoms with Gasteiger partial charge in [-0.3, -0.25) is 14.8 Å². The third-order valence-electron chi connectivity index (χ3n) is 4.06. The van der Waals surface area contributed by atoms with Crippen molar-refractivity contribution in [3.05, 3.63) is 56.6 Å². The number of hydrogen-bond acceptors (Lipinski definition) is 5. The average Bonchev–Trinajstić information content (AvgIpc) is 2.89. The number of nitrogens with zero attached hydrogens (tertiary/aromatic N) is 3. The lowest BCUT2D eigenvalue weighted by atomic mass is 9.97. The van der Waals surface area contributed by atoms with Crippen molar-refractivity contribution in [2.24, 2.45) is 0 Å². The highest BCUT2D eigenvalue weighted by molar-refractivity contribution is 5.87. The maximum Gasteiger partial charge on any atom is 0.356 e. The van der Waals surface area contributed by atoms with E-state index >= 15 is 0 Å². The second-order valence-electron chi connectivity index (χ2n) is 5.75. The number of carboxylic acids is 1. The molecule has 24 heavy (non-hydrogen) atoms. The summed E-state index contributed by atoms with van der Waals surface area (Å²) >= 11 is 0. The van der Waals surface area contributed by atoms with Crippen LogP contribution in [-0.2, 0) is 13.1 Å². The first-order valence-corrected chi connectivity index (χ1v) is 7.35. The van der Waals surface area contributed by atoms with Gasteiger partial charge in [-0.2, -0.15) is 9.49 Å². The molecule has 0 saturated heterocycles. The topological polar surface area (TPSA) is 110 Å². The standard InChI is InChI=1S/C15H15FN4O4/c1-8-5-17-6-10-13(15(21)22)18-19(14(8)10)7-9-2-3-11(16)12(4-9)20(23)24/h2-4,8,17H,5-7H2,1H3,(H,21,22). The summed E-state index contributed by atoms with van der Waals surface area (Å²) in [7, 11) is 0. The molecule has 1 aromatic carbocycles. The maximum absolute atomic E-state index is 13.5. The van der Waals surface area contributed by atoms with Gasteiger partial charge in [-0.25, -0.2) is 4.79 Å². The number of aromatic carboxylic acids is 1. The first-order chi connectivity index (χ1) is 11.4. The van der Waals surface area contributed by atoms with E-state index in [9.17, 15) is 24.4 Å². The Kier molecular flexibility index (Phi) is 4.02. The van der Waals surface area contributed by atoms with Gasteiger partial charge in [-0.05, 0) is 11.6 Å². The molecule has 8 nitrogen and oxygen atoms in total. The Bertz CT molecular complexity index is 833. The molecule has 0 radical (unpaired) electrons. The summed E-state index contributed by atoms with van der Waals surface area (Å²) in [5, 5.41) is 27.5. The van der Waals surface area contributed by atoms with E-state index in [-0.39, 0.29) is 18.2 Å². The number of aromatic nitrogens is 2. The molecule has 1 atom stereocenters. The molecule has 0 aliphatic carbocycles. The zero-order valence-electron chi connectivity index (χ0n) is 12.8. The van der Waals surface area contributed by atoms with E-state index in [0.717, 1.165) is 17.8 Å². The van der Waals surface area contributed by atoms with Gasteiger partial charge in [0, 0.05) is 36.3 Å². The van der Waals surface area contributed by atoms with Crippen LogP contribution in [0, 0.1) is 15.9 Å². The van der Waals surface area contributed by atoms with Gasteiger partial charge in [-0.15, -0.1) is 0 Å². The number of carboxylic acid groups (broad SMARTS) is 1. The molecular weight excluding hydrogens is 319 g/mol. The van der Waals surface area contributed by atoms with Crippen LogP contribution < -0.4 is 5.32 Å². The molecule has 0 amide bonds. The number of nitro groups is 1. The first-order valence-electron chi connectivity index (χ1n) is 7.35. The van der Waals surface area contributed by atoms with Crippen molar-refractivity contribution >= 4 is 11.7 Å². The minimum Gasteiger partial charge on any atom is -0.476 e. The third-order valence-corrected chi connectivity index (χ3v) is 4.06. The van der Waals surface area contributed by atoms with Crippen molar-refractivity contribution in [3.8, 4) is 0 Å². The van der Waals surface area contributed by atoms with Crippen LogP contribution in [0.4, 0.5) is 10.1 Å². The highest BCUT2D eigenvalue weighted by atomic mass is 19.1. The number of rotatable bonds is 4. The molecule has 126 valence electrons. The first kappa shape index (κ1) is 16.1. The fraction of sp³-hybridized carbons (Fsp3) is 0.333. The minimum absolute atomic E-state index is 0.0272. The summed E-state index contributed by atoms with van der Waals surface area (Å²) in [5.74, 6) is -1.98. The Balaban J connectivity index is 2.03. The predicted octanol–water partition coefficient (Wildman–Crippen LogP) is 1.88. The second kappa shape index (κ2) is 6.00. The van der Waals surface area contributed by atoms with E-state index < -0.39 is 22.4 Å². The second-order valence-corrected chi connectivity index (χ2v) is 5.75. The van der Waals surface area contributed by atoms with E-state index in [0.29, 0.717) is 24.2 Å². The van der Waals surface area contributed by atoms with Crippen LogP contribution in [0.2, 0.25) is 0 Å². The van der Waals surface area contributed by atoms with Gasteiger partial charge >= 0.3 is 11.7 Å². The molecule has 1 unspecified atom stereocenters. The molecule has 2 aromatic rings. The number of nitro benzene ring substituents is 1. The summed E-state index contributed by atoms with van der Waals surface area (Å²) in [6, 6.07) is 3.62. The lowest BCUT2D eigenvalue weighted by Crippen LogP contribution is -2.28. The molecule has 3 rings (SSSR count). The smallest absolute Gasteiger partial charge is 0.356 e. The molecule has 0 fully saturated rings. The molecular formula is C15H15FN4O4. The quantitative estimate of drug-likeness (QED) is 0.652. The van der Waals surface area contributed by atoms with Gasteiger partial charge in [0.15, 0.2) is 5.69 Å². The summed E-state index contributed by atoms with van der Waals surface area (Å²) in [4.78, 5) is 21.5. The maximum atomic E-state index is 13.5. The van der Waals surface area contributed by atoms with E-state index in [1.165, 1.54) is 6.07 Å². The summed E-state index contributed by atoms with van der Waals surface area (Å²) in [6.07, 6.45) is 0. The fourth-order valence-corrected chi connectivity index (χ4v) is 3.01. The number of hydrogen-bond donors (Lipinski definition) is 2. The van der Waals surface area contributed by atoms with Crippen LogP contribution >= 0.6 is 0 Å². The van der Waals surface area contributed by atoms with Crippen LogP contribution in [0.25, 0.3) is 0 Å². The molecule has 0 spiro atoms.